The zero-order valence-corrected chi connectivity index (χ0v) is 14.8. The van der Waals surface area contributed by atoms with Crippen molar-refractivity contribution in [2.24, 2.45) is 7.05 Å². The van der Waals surface area contributed by atoms with Crippen LogP contribution in [0.5, 0.6) is 0 Å². The zero-order chi connectivity index (χ0) is 17.8. The van der Waals surface area contributed by atoms with Crippen molar-refractivity contribution in [2.45, 2.75) is 13.0 Å². The second kappa shape index (κ2) is 7.90. The number of fused-ring (bicyclic) bond motifs is 1. The summed E-state index contributed by atoms with van der Waals surface area (Å²) in [5.74, 6) is 0.0158. The molecule has 0 bridgehead atoms. The molecule has 136 valence electrons. The van der Waals surface area contributed by atoms with Gasteiger partial charge in [0.1, 0.15) is 5.52 Å². The van der Waals surface area contributed by atoms with Gasteiger partial charge in [-0.15, -0.1) is 5.10 Å². The molecule has 1 N–H and O–H groups in total. The summed E-state index contributed by atoms with van der Waals surface area (Å²) in [5.41, 5.74) is 2.27. The van der Waals surface area contributed by atoms with Gasteiger partial charge in [0, 0.05) is 51.9 Å². The molecule has 3 rings (SSSR count). The Kier molecular flexibility index (Phi) is 5.62. The standard InChI is InChI=1S/C17H25N5O3/c1-3-25-12-14(23)11-21-6-8-22(9-7-21)17(24)13-4-5-16-15(10-13)18-19-20(16)2/h4-5,10,14,23H,3,6-9,11-12H2,1-2H3. The van der Waals surface area contributed by atoms with Gasteiger partial charge < -0.3 is 14.7 Å². The fraction of sp³-hybridized carbons (Fsp3) is 0.588. The van der Waals surface area contributed by atoms with Crippen LogP contribution in [0.3, 0.4) is 0 Å². The lowest BCUT2D eigenvalue weighted by molar-refractivity contribution is 0.0111. The highest BCUT2D eigenvalue weighted by molar-refractivity contribution is 5.97. The first kappa shape index (κ1) is 17.8. The van der Waals surface area contributed by atoms with Gasteiger partial charge in [0.15, 0.2) is 0 Å². The summed E-state index contributed by atoms with van der Waals surface area (Å²) in [6.07, 6.45) is -0.485. The molecule has 1 aliphatic heterocycles. The monoisotopic (exact) mass is 347 g/mol. The molecule has 1 atom stereocenters. The molecular weight excluding hydrogens is 322 g/mol. The number of aliphatic hydroxyl groups is 1. The van der Waals surface area contributed by atoms with E-state index < -0.39 is 6.10 Å². The van der Waals surface area contributed by atoms with Crippen molar-refractivity contribution in [3.63, 3.8) is 0 Å². The molecule has 0 saturated carbocycles. The van der Waals surface area contributed by atoms with E-state index in [0.29, 0.717) is 38.4 Å². The SMILES string of the molecule is CCOCC(O)CN1CCN(C(=O)c2ccc3c(c2)nnn3C)CC1. The molecule has 8 heteroatoms. The minimum atomic E-state index is -0.485. The van der Waals surface area contributed by atoms with E-state index in [1.165, 1.54) is 0 Å². The zero-order valence-electron chi connectivity index (χ0n) is 14.8. The van der Waals surface area contributed by atoms with Gasteiger partial charge in [0.05, 0.1) is 18.2 Å². The molecule has 1 fully saturated rings. The average molecular weight is 347 g/mol. The molecule has 0 radical (unpaired) electrons. The maximum Gasteiger partial charge on any atom is 0.254 e. The van der Waals surface area contributed by atoms with Gasteiger partial charge in [-0.2, -0.15) is 0 Å². The quantitative estimate of drug-likeness (QED) is 0.799. The molecule has 1 saturated heterocycles. The lowest BCUT2D eigenvalue weighted by Crippen LogP contribution is -2.50. The number of rotatable bonds is 6. The van der Waals surface area contributed by atoms with Crippen LogP contribution < -0.4 is 0 Å². The molecule has 1 amide bonds. The Morgan fingerprint density at radius 3 is 2.80 bits per heavy atom. The van der Waals surface area contributed by atoms with E-state index >= 15 is 0 Å². The number of β-amino-alcohol motifs (C(OH)–C–C–N with tert-alkyl or cyclic N) is 1. The number of amides is 1. The third-order valence-electron chi connectivity index (χ3n) is 4.50. The summed E-state index contributed by atoms with van der Waals surface area (Å²) in [6, 6.07) is 5.50. The topological polar surface area (TPSA) is 83.7 Å². The second-order valence-electron chi connectivity index (χ2n) is 6.32. The van der Waals surface area contributed by atoms with Crippen molar-refractivity contribution in [1.29, 1.82) is 0 Å². The van der Waals surface area contributed by atoms with Crippen molar-refractivity contribution in [3.05, 3.63) is 23.8 Å². The second-order valence-corrected chi connectivity index (χ2v) is 6.32. The van der Waals surface area contributed by atoms with Crippen LogP contribution >= 0.6 is 0 Å². The number of benzene rings is 1. The van der Waals surface area contributed by atoms with Crippen LogP contribution in [0.1, 0.15) is 17.3 Å². The minimum Gasteiger partial charge on any atom is -0.389 e. The fourth-order valence-electron chi connectivity index (χ4n) is 3.09. The molecule has 25 heavy (non-hydrogen) atoms. The van der Waals surface area contributed by atoms with E-state index in [9.17, 15) is 9.90 Å². The van der Waals surface area contributed by atoms with Gasteiger partial charge >= 0.3 is 0 Å². The molecule has 0 aliphatic carbocycles. The molecular formula is C17H25N5O3. The van der Waals surface area contributed by atoms with Crippen LogP contribution in [0, 0.1) is 0 Å². The predicted octanol–water partition coefficient (Wildman–Crippen LogP) is 0.124. The van der Waals surface area contributed by atoms with Crippen LogP contribution in [-0.4, -0.2) is 87.8 Å². The summed E-state index contributed by atoms with van der Waals surface area (Å²) in [4.78, 5) is 16.7. The molecule has 0 spiro atoms. The van der Waals surface area contributed by atoms with Crippen LogP contribution in [0.4, 0.5) is 0 Å². The Bertz CT molecular complexity index is 724. The largest absolute Gasteiger partial charge is 0.389 e. The van der Waals surface area contributed by atoms with Crippen molar-refractivity contribution in [2.75, 3.05) is 45.9 Å². The lowest BCUT2D eigenvalue weighted by atomic mass is 10.1. The molecule has 2 aromatic rings. The molecule has 8 nitrogen and oxygen atoms in total. The number of aliphatic hydroxyl groups excluding tert-OH is 1. The highest BCUT2D eigenvalue weighted by Crippen LogP contribution is 2.15. The molecule has 1 aromatic heterocycles. The first-order valence-electron chi connectivity index (χ1n) is 8.65. The normalized spacial score (nSPS) is 17.2. The van der Waals surface area contributed by atoms with Crippen LogP contribution in [0.15, 0.2) is 18.2 Å². The van der Waals surface area contributed by atoms with Crippen molar-refractivity contribution >= 4 is 16.9 Å². The molecule has 2 heterocycles. The number of aromatic nitrogens is 3. The smallest absolute Gasteiger partial charge is 0.254 e. The third kappa shape index (κ3) is 4.15. The predicted molar refractivity (Wildman–Crippen MR) is 93.4 cm³/mol. The lowest BCUT2D eigenvalue weighted by Gasteiger charge is -2.35. The first-order chi connectivity index (χ1) is 12.1. The number of nitrogens with zero attached hydrogens (tertiary/aromatic N) is 5. The Morgan fingerprint density at radius 2 is 2.08 bits per heavy atom. The van der Waals surface area contributed by atoms with Gasteiger partial charge in [0.25, 0.3) is 5.91 Å². The van der Waals surface area contributed by atoms with E-state index in [-0.39, 0.29) is 5.91 Å². The highest BCUT2D eigenvalue weighted by atomic mass is 16.5. The van der Waals surface area contributed by atoms with Crippen molar-refractivity contribution < 1.29 is 14.6 Å². The van der Waals surface area contributed by atoms with Crippen molar-refractivity contribution in [1.82, 2.24) is 24.8 Å². The number of aryl methyl sites for hydroxylation is 1. The number of carbonyl (C=O) groups is 1. The van der Waals surface area contributed by atoms with Gasteiger partial charge in [-0.3, -0.25) is 9.69 Å². The summed E-state index contributed by atoms with van der Waals surface area (Å²) in [6.45, 7) is 6.26. The summed E-state index contributed by atoms with van der Waals surface area (Å²) < 4.78 is 6.93. The van der Waals surface area contributed by atoms with E-state index in [2.05, 4.69) is 15.2 Å². The van der Waals surface area contributed by atoms with Gasteiger partial charge in [-0.05, 0) is 25.1 Å². The summed E-state index contributed by atoms with van der Waals surface area (Å²) in [7, 11) is 1.83. The Labute approximate surface area is 147 Å². The van der Waals surface area contributed by atoms with Crippen LogP contribution in [0.2, 0.25) is 0 Å². The molecule has 1 aliphatic rings. The Hall–Kier alpha value is -2.03. The van der Waals surface area contributed by atoms with E-state index in [1.807, 2.05) is 31.0 Å². The Balaban J connectivity index is 1.55. The van der Waals surface area contributed by atoms with Crippen molar-refractivity contribution in [3.8, 4) is 0 Å². The number of hydrogen-bond donors (Lipinski definition) is 1. The van der Waals surface area contributed by atoms with Gasteiger partial charge in [-0.25, -0.2) is 4.68 Å². The van der Waals surface area contributed by atoms with Gasteiger partial charge in [0.2, 0.25) is 0 Å². The van der Waals surface area contributed by atoms with E-state index in [1.54, 1.807) is 10.7 Å². The maximum atomic E-state index is 12.7. The van der Waals surface area contributed by atoms with Crippen LogP contribution in [-0.2, 0) is 11.8 Å². The first-order valence-corrected chi connectivity index (χ1v) is 8.65. The molecule has 1 aromatic carbocycles. The fourth-order valence-corrected chi connectivity index (χ4v) is 3.09. The number of ether oxygens (including phenoxy) is 1. The highest BCUT2D eigenvalue weighted by Gasteiger charge is 2.23. The number of hydrogen-bond acceptors (Lipinski definition) is 6. The summed E-state index contributed by atoms with van der Waals surface area (Å²) >= 11 is 0. The molecule has 1 unspecified atom stereocenters. The Morgan fingerprint density at radius 1 is 1.32 bits per heavy atom. The van der Waals surface area contributed by atoms with Crippen LogP contribution in [0.25, 0.3) is 11.0 Å². The maximum absolute atomic E-state index is 12.7. The number of piperazine rings is 1. The summed E-state index contributed by atoms with van der Waals surface area (Å²) in [5, 5.41) is 18.0. The minimum absolute atomic E-state index is 0.0158. The number of carbonyl (C=O) groups excluding carboxylic acids is 1. The van der Waals surface area contributed by atoms with Gasteiger partial charge in [-0.1, -0.05) is 5.21 Å². The van der Waals surface area contributed by atoms with E-state index in [0.717, 1.165) is 24.1 Å². The average Bonchev–Trinajstić information content (AvgIpc) is 3.00. The van der Waals surface area contributed by atoms with E-state index in [4.69, 9.17) is 4.74 Å². The third-order valence-corrected chi connectivity index (χ3v) is 4.50.